The maximum atomic E-state index is 12.4. The van der Waals surface area contributed by atoms with Crippen LogP contribution < -0.4 is 5.32 Å². The predicted octanol–water partition coefficient (Wildman–Crippen LogP) is 4.03. The Hall–Kier alpha value is -2.28. The second-order valence-corrected chi connectivity index (χ2v) is 7.84. The second kappa shape index (κ2) is 12.3. The van der Waals surface area contributed by atoms with E-state index in [4.69, 9.17) is 25.8 Å². The molecule has 1 rings (SSSR count). The van der Waals surface area contributed by atoms with E-state index in [1.165, 1.54) is 0 Å². The van der Waals surface area contributed by atoms with E-state index in [2.05, 4.69) is 5.32 Å². The minimum Gasteiger partial charge on any atom is -0.464 e. The SMILES string of the molecule is CC(C)[C@H](NC(=O)OCc1ccccc1)C(=O)OCCCC(C)(C)C(=O)OCCl. The largest absolute Gasteiger partial charge is 0.464 e. The maximum absolute atomic E-state index is 12.4. The number of amides is 1. The van der Waals surface area contributed by atoms with E-state index < -0.39 is 29.5 Å². The highest BCUT2D eigenvalue weighted by Crippen LogP contribution is 2.24. The zero-order valence-corrected chi connectivity index (χ0v) is 18.2. The molecule has 1 aromatic carbocycles. The summed E-state index contributed by atoms with van der Waals surface area (Å²) in [4.78, 5) is 36.2. The van der Waals surface area contributed by atoms with Crippen LogP contribution in [0.4, 0.5) is 4.79 Å². The molecule has 8 heteroatoms. The molecule has 0 fully saturated rings. The number of ether oxygens (including phenoxy) is 3. The lowest BCUT2D eigenvalue weighted by Gasteiger charge is -2.23. The molecule has 162 valence electrons. The van der Waals surface area contributed by atoms with Gasteiger partial charge in [0.2, 0.25) is 0 Å². The van der Waals surface area contributed by atoms with Crippen molar-refractivity contribution in [3.05, 3.63) is 35.9 Å². The van der Waals surface area contributed by atoms with Gasteiger partial charge in [-0.15, -0.1) is 0 Å². The number of esters is 2. The van der Waals surface area contributed by atoms with Gasteiger partial charge in [-0.2, -0.15) is 0 Å². The fourth-order valence-corrected chi connectivity index (χ4v) is 2.61. The van der Waals surface area contributed by atoms with Crippen LogP contribution in [-0.4, -0.2) is 36.7 Å². The van der Waals surface area contributed by atoms with Crippen molar-refractivity contribution in [3.63, 3.8) is 0 Å². The standard InChI is InChI=1S/C21H30ClNO6/c1-15(2)17(23-20(26)28-13-16-9-6-5-7-10-16)18(24)27-12-8-11-21(3,4)19(25)29-14-22/h5-7,9-10,15,17H,8,11-14H2,1-4H3,(H,23,26)/t17-/m0/s1. The van der Waals surface area contributed by atoms with Gasteiger partial charge in [0.1, 0.15) is 12.6 Å². The topological polar surface area (TPSA) is 90.9 Å². The van der Waals surface area contributed by atoms with Crippen LogP contribution in [0.3, 0.4) is 0 Å². The molecule has 0 radical (unpaired) electrons. The number of hydrogen-bond acceptors (Lipinski definition) is 6. The predicted molar refractivity (Wildman–Crippen MR) is 109 cm³/mol. The molecule has 29 heavy (non-hydrogen) atoms. The molecule has 0 saturated carbocycles. The number of alkyl halides is 1. The van der Waals surface area contributed by atoms with E-state index in [1.54, 1.807) is 27.7 Å². The van der Waals surface area contributed by atoms with Crippen molar-refractivity contribution in [2.45, 2.75) is 53.2 Å². The number of hydrogen-bond donors (Lipinski definition) is 1. The first-order valence-electron chi connectivity index (χ1n) is 9.54. The summed E-state index contributed by atoms with van der Waals surface area (Å²) in [6, 6.07) is 8.23. The normalized spacial score (nSPS) is 12.2. The number of halogens is 1. The summed E-state index contributed by atoms with van der Waals surface area (Å²) >= 11 is 5.41. The first-order valence-corrected chi connectivity index (χ1v) is 10.1. The molecule has 7 nitrogen and oxygen atoms in total. The van der Waals surface area contributed by atoms with Crippen molar-refractivity contribution in [1.82, 2.24) is 5.32 Å². The van der Waals surface area contributed by atoms with Gasteiger partial charge in [0.15, 0.2) is 6.07 Å². The Morgan fingerprint density at radius 2 is 1.72 bits per heavy atom. The Kier molecular flexibility index (Phi) is 10.5. The van der Waals surface area contributed by atoms with Gasteiger partial charge in [0.25, 0.3) is 0 Å². The highest BCUT2D eigenvalue weighted by molar-refractivity contribution is 6.17. The zero-order chi connectivity index (χ0) is 21.9. The molecule has 0 heterocycles. The second-order valence-electron chi connectivity index (χ2n) is 7.62. The molecule has 0 spiro atoms. The molecule has 0 unspecified atom stereocenters. The Bertz CT molecular complexity index is 662. The molecule has 1 amide bonds. The molecule has 1 atom stereocenters. The van der Waals surface area contributed by atoms with Gasteiger partial charge in [0, 0.05) is 0 Å². The van der Waals surface area contributed by atoms with Crippen LogP contribution in [0.1, 0.15) is 46.1 Å². The smallest absolute Gasteiger partial charge is 0.408 e. The molecule has 0 saturated heterocycles. The molecule has 1 N–H and O–H groups in total. The lowest BCUT2D eigenvalue weighted by Crippen LogP contribution is -2.45. The Balaban J connectivity index is 2.43. The van der Waals surface area contributed by atoms with Crippen molar-refractivity contribution in [2.24, 2.45) is 11.3 Å². The summed E-state index contributed by atoms with van der Waals surface area (Å²) in [5, 5.41) is 2.55. The van der Waals surface area contributed by atoms with Crippen molar-refractivity contribution >= 4 is 29.6 Å². The average molecular weight is 428 g/mol. The number of carbonyl (C=O) groups is 3. The van der Waals surface area contributed by atoms with E-state index in [0.29, 0.717) is 12.8 Å². The summed E-state index contributed by atoms with van der Waals surface area (Å²) in [7, 11) is 0. The third kappa shape index (κ3) is 9.17. The van der Waals surface area contributed by atoms with Crippen molar-refractivity contribution < 1.29 is 28.6 Å². The van der Waals surface area contributed by atoms with Gasteiger partial charge < -0.3 is 19.5 Å². The highest BCUT2D eigenvalue weighted by atomic mass is 35.5. The number of benzene rings is 1. The summed E-state index contributed by atoms with van der Waals surface area (Å²) < 4.78 is 15.2. The zero-order valence-electron chi connectivity index (χ0n) is 17.4. The fourth-order valence-electron chi connectivity index (χ4n) is 2.51. The Morgan fingerprint density at radius 3 is 2.31 bits per heavy atom. The third-order valence-corrected chi connectivity index (χ3v) is 4.44. The van der Waals surface area contributed by atoms with Crippen LogP contribution >= 0.6 is 11.6 Å². The van der Waals surface area contributed by atoms with E-state index in [9.17, 15) is 14.4 Å². The lowest BCUT2D eigenvalue weighted by atomic mass is 9.88. The van der Waals surface area contributed by atoms with Crippen LogP contribution in [0, 0.1) is 11.3 Å². The molecule has 0 aromatic heterocycles. The Morgan fingerprint density at radius 1 is 1.07 bits per heavy atom. The van der Waals surface area contributed by atoms with Gasteiger partial charge in [-0.1, -0.05) is 55.8 Å². The quantitative estimate of drug-likeness (QED) is 0.248. The van der Waals surface area contributed by atoms with Crippen LogP contribution in [0.5, 0.6) is 0 Å². The summed E-state index contributed by atoms with van der Waals surface area (Å²) in [5.41, 5.74) is 0.125. The molecule has 0 aliphatic heterocycles. The van der Waals surface area contributed by atoms with Gasteiger partial charge in [0.05, 0.1) is 12.0 Å². The average Bonchev–Trinajstić information content (AvgIpc) is 2.68. The maximum Gasteiger partial charge on any atom is 0.408 e. The molecular weight excluding hydrogens is 398 g/mol. The number of alkyl carbamates (subject to hydrolysis) is 1. The summed E-state index contributed by atoms with van der Waals surface area (Å²) in [6.45, 7) is 7.32. The van der Waals surface area contributed by atoms with Crippen molar-refractivity contribution in [1.29, 1.82) is 0 Å². The van der Waals surface area contributed by atoms with Gasteiger partial charge >= 0.3 is 18.0 Å². The van der Waals surface area contributed by atoms with Gasteiger partial charge in [-0.05, 0) is 38.2 Å². The molecule has 1 aromatic rings. The molecule has 0 aliphatic rings. The van der Waals surface area contributed by atoms with Gasteiger partial charge in [-0.3, -0.25) is 4.79 Å². The molecule has 0 bridgehead atoms. The van der Waals surface area contributed by atoms with E-state index >= 15 is 0 Å². The minimum atomic E-state index is -0.826. The molecule has 0 aliphatic carbocycles. The van der Waals surface area contributed by atoms with Crippen LogP contribution in [0.25, 0.3) is 0 Å². The van der Waals surface area contributed by atoms with Crippen LogP contribution in [-0.2, 0) is 30.4 Å². The van der Waals surface area contributed by atoms with E-state index in [-0.39, 0.29) is 25.2 Å². The monoisotopic (exact) mass is 427 g/mol. The van der Waals surface area contributed by atoms with E-state index in [0.717, 1.165) is 5.56 Å². The van der Waals surface area contributed by atoms with E-state index in [1.807, 2.05) is 30.3 Å². The van der Waals surface area contributed by atoms with Crippen LogP contribution in [0.2, 0.25) is 0 Å². The summed E-state index contributed by atoms with van der Waals surface area (Å²) in [6.07, 6.45) is 0.253. The van der Waals surface area contributed by atoms with Gasteiger partial charge in [-0.25, -0.2) is 9.59 Å². The number of rotatable bonds is 11. The Labute approximate surface area is 177 Å². The highest BCUT2D eigenvalue weighted by Gasteiger charge is 2.30. The van der Waals surface area contributed by atoms with Crippen LogP contribution in [0.15, 0.2) is 30.3 Å². The minimum absolute atomic E-state index is 0.111. The first kappa shape index (κ1) is 24.8. The number of nitrogens with one attached hydrogen (secondary N) is 1. The van der Waals surface area contributed by atoms with Crippen molar-refractivity contribution in [2.75, 3.05) is 12.7 Å². The molecular formula is C21H30ClNO6. The fraction of sp³-hybridized carbons (Fsp3) is 0.571. The lowest BCUT2D eigenvalue weighted by molar-refractivity contribution is -0.152. The third-order valence-electron chi connectivity index (χ3n) is 4.34. The van der Waals surface area contributed by atoms with Crippen molar-refractivity contribution in [3.8, 4) is 0 Å². The first-order chi connectivity index (χ1) is 13.7. The summed E-state index contributed by atoms with van der Waals surface area (Å²) in [5.74, 6) is -1.12. The number of carbonyl (C=O) groups excluding carboxylic acids is 3.